The Morgan fingerprint density at radius 1 is 1.41 bits per heavy atom. The molecule has 0 aliphatic heterocycles. The van der Waals surface area contributed by atoms with E-state index in [-0.39, 0.29) is 36.1 Å². The van der Waals surface area contributed by atoms with Crippen LogP contribution in [0.3, 0.4) is 0 Å². The van der Waals surface area contributed by atoms with Crippen LogP contribution < -0.4 is 11.1 Å². The minimum absolute atomic E-state index is 0. The fourth-order valence-electron chi connectivity index (χ4n) is 1.90. The van der Waals surface area contributed by atoms with Gasteiger partial charge >= 0.3 is 5.51 Å². The van der Waals surface area contributed by atoms with Gasteiger partial charge in [0.25, 0.3) is 0 Å². The number of alkyl halides is 3. The Morgan fingerprint density at radius 3 is 2.59 bits per heavy atom. The van der Waals surface area contributed by atoms with Gasteiger partial charge in [-0.1, -0.05) is 6.42 Å². The molecular weight excluding hydrogens is 277 g/mol. The summed E-state index contributed by atoms with van der Waals surface area (Å²) in [5.74, 6) is -0.926. The Labute approximate surface area is 108 Å². The first-order valence-electron chi connectivity index (χ1n) is 5.12. The second-order valence-electron chi connectivity index (χ2n) is 3.84. The maximum atomic E-state index is 11.8. The average Bonchev–Trinajstić information content (AvgIpc) is 2.61. The number of amides is 1. The summed E-state index contributed by atoms with van der Waals surface area (Å²) < 4.78 is 35.5. The van der Waals surface area contributed by atoms with Crippen LogP contribution in [0, 0.1) is 5.92 Å². The molecule has 3 nitrogen and oxygen atoms in total. The zero-order valence-corrected chi connectivity index (χ0v) is 10.8. The third-order valence-electron chi connectivity index (χ3n) is 2.68. The van der Waals surface area contributed by atoms with Crippen LogP contribution in [0.4, 0.5) is 13.2 Å². The van der Waals surface area contributed by atoms with Crippen molar-refractivity contribution in [3.8, 4) is 0 Å². The number of hydrogen-bond donors (Lipinski definition) is 2. The number of nitrogens with one attached hydrogen (secondary N) is 1. The van der Waals surface area contributed by atoms with E-state index >= 15 is 0 Å². The molecular formula is C9H16ClF3N2OS. The summed E-state index contributed by atoms with van der Waals surface area (Å²) in [5.41, 5.74) is 1.16. The lowest BCUT2D eigenvalue weighted by atomic mass is 10.0. The maximum absolute atomic E-state index is 11.8. The molecule has 2 atom stereocenters. The van der Waals surface area contributed by atoms with Gasteiger partial charge in [0.05, 0.1) is 5.75 Å². The summed E-state index contributed by atoms with van der Waals surface area (Å²) in [5, 5.41) is 2.61. The number of hydrogen-bond acceptors (Lipinski definition) is 3. The van der Waals surface area contributed by atoms with E-state index in [1.165, 1.54) is 0 Å². The van der Waals surface area contributed by atoms with Gasteiger partial charge in [-0.05, 0) is 37.1 Å². The Balaban J connectivity index is 0.00000256. The van der Waals surface area contributed by atoms with Crippen LogP contribution in [0.2, 0.25) is 0 Å². The van der Waals surface area contributed by atoms with Gasteiger partial charge < -0.3 is 11.1 Å². The van der Waals surface area contributed by atoms with Gasteiger partial charge in [-0.3, -0.25) is 4.79 Å². The van der Waals surface area contributed by atoms with E-state index < -0.39 is 17.2 Å². The molecule has 1 saturated carbocycles. The fourth-order valence-corrected chi connectivity index (χ4v) is 2.28. The highest BCUT2D eigenvalue weighted by molar-refractivity contribution is 8.00. The number of nitrogens with two attached hydrogens (primary N) is 1. The first-order chi connectivity index (χ1) is 7.42. The lowest BCUT2D eigenvalue weighted by molar-refractivity contribution is -0.119. The monoisotopic (exact) mass is 292 g/mol. The molecule has 1 aliphatic carbocycles. The second kappa shape index (κ2) is 7.33. The molecule has 0 saturated heterocycles. The van der Waals surface area contributed by atoms with Crippen molar-refractivity contribution in [2.75, 3.05) is 12.3 Å². The Morgan fingerprint density at radius 2 is 2.06 bits per heavy atom. The van der Waals surface area contributed by atoms with E-state index in [9.17, 15) is 18.0 Å². The quantitative estimate of drug-likeness (QED) is 0.832. The summed E-state index contributed by atoms with van der Waals surface area (Å²) in [6.07, 6.45) is 2.72. The molecule has 3 N–H and O–H groups in total. The van der Waals surface area contributed by atoms with Gasteiger partial charge in [-0.2, -0.15) is 13.2 Å². The first kappa shape index (κ1) is 16.9. The van der Waals surface area contributed by atoms with Crippen molar-refractivity contribution in [3.05, 3.63) is 0 Å². The van der Waals surface area contributed by atoms with Crippen LogP contribution in [0.15, 0.2) is 0 Å². The molecule has 17 heavy (non-hydrogen) atoms. The summed E-state index contributed by atoms with van der Waals surface area (Å²) in [7, 11) is 0. The third kappa shape index (κ3) is 6.38. The predicted octanol–water partition coefficient (Wildman–Crippen LogP) is 1.90. The molecule has 1 fully saturated rings. The number of halogens is 4. The summed E-state index contributed by atoms with van der Waals surface area (Å²) in [6, 6.07) is -0.0497. The Bertz CT molecular complexity index is 253. The van der Waals surface area contributed by atoms with Crippen molar-refractivity contribution in [1.29, 1.82) is 0 Å². The summed E-state index contributed by atoms with van der Waals surface area (Å²) in [6.45, 7) is 0.470. The maximum Gasteiger partial charge on any atom is 0.442 e. The normalized spacial score (nSPS) is 24.2. The van der Waals surface area contributed by atoms with Crippen molar-refractivity contribution >= 4 is 30.1 Å². The smallest absolute Gasteiger partial charge is 0.352 e. The molecule has 1 amide bonds. The van der Waals surface area contributed by atoms with Crippen molar-refractivity contribution < 1.29 is 18.0 Å². The molecule has 1 aliphatic rings. The number of thioether (sulfide) groups is 1. The molecule has 0 radical (unpaired) electrons. The highest BCUT2D eigenvalue weighted by Gasteiger charge is 2.31. The number of carbonyl (C=O) groups excluding carboxylic acids is 1. The van der Waals surface area contributed by atoms with Gasteiger partial charge in [0.2, 0.25) is 5.91 Å². The lowest BCUT2D eigenvalue weighted by Crippen LogP contribution is -2.41. The van der Waals surface area contributed by atoms with E-state index in [1.807, 2.05) is 0 Å². The van der Waals surface area contributed by atoms with Crippen LogP contribution >= 0.6 is 24.2 Å². The van der Waals surface area contributed by atoms with Gasteiger partial charge in [-0.25, -0.2) is 0 Å². The zero-order chi connectivity index (χ0) is 12.2. The molecule has 0 aromatic heterocycles. The lowest BCUT2D eigenvalue weighted by Gasteiger charge is -2.19. The molecule has 2 unspecified atom stereocenters. The van der Waals surface area contributed by atoms with Crippen LogP contribution in [-0.2, 0) is 4.79 Å². The van der Waals surface area contributed by atoms with E-state index in [0.717, 1.165) is 19.3 Å². The SMILES string of the molecule is Cl.NCC1CCCC1NC(=O)CSC(F)(F)F. The first-order valence-corrected chi connectivity index (χ1v) is 6.11. The van der Waals surface area contributed by atoms with Crippen LogP contribution in [0.5, 0.6) is 0 Å². The van der Waals surface area contributed by atoms with E-state index in [0.29, 0.717) is 6.54 Å². The molecule has 0 aromatic rings. The molecule has 0 bridgehead atoms. The Hall–Kier alpha value is -0.140. The molecule has 1 rings (SSSR count). The van der Waals surface area contributed by atoms with E-state index in [2.05, 4.69) is 5.32 Å². The van der Waals surface area contributed by atoms with E-state index in [4.69, 9.17) is 5.73 Å². The average molecular weight is 293 g/mol. The van der Waals surface area contributed by atoms with Gasteiger partial charge in [-0.15, -0.1) is 12.4 Å². The largest absolute Gasteiger partial charge is 0.442 e. The topological polar surface area (TPSA) is 55.1 Å². The van der Waals surface area contributed by atoms with Gasteiger partial charge in [0, 0.05) is 6.04 Å². The molecule has 102 valence electrons. The standard InChI is InChI=1S/C9H15F3N2OS.ClH/c10-9(11,12)16-5-8(15)14-7-3-1-2-6(7)4-13;/h6-7H,1-5,13H2,(H,14,15);1H. The van der Waals surface area contributed by atoms with Gasteiger partial charge in [0.1, 0.15) is 0 Å². The van der Waals surface area contributed by atoms with Gasteiger partial charge in [0.15, 0.2) is 0 Å². The number of rotatable bonds is 4. The van der Waals surface area contributed by atoms with Crippen LogP contribution in [-0.4, -0.2) is 29.8 Å². The molecule has 0 aromatic carbocycles. The van der Waals surface area contributed by atoms with Crippen LogP contribution in [0.1, 0.15) is 19.3 Å². The highest BCUT2D eigenvalue weighted by Crippen LogP contribution is 2.30. The highest BCUT2D eigenvalue weighted by atomic mass is 35.5. The van der Waals surface area contributed by atoms with Crippen molar-refractivity contribution in [1.82, 2.24) is 5.32 Å². The Kier molecular flexibility index (Phi) is 7.27. The fraction of sp³-hybridized carbons (Fsp3) is 0.889. The summed E-state index contributed by atoms with van der Waals surface area (Å²) >= 11 is -0.309. The third-order valence-corrected chi connectivity index (χ3v) is 3.41. The van der Waals surface area contributed by atoms with E-state index in [1.54, 1.807) is 0 Å². The molecule has 8 heteroatoms. The van der Waals surface area contributed by atoms with Crippen LogP contribution in [0.25, 0.3) is 0 Å². The second-order valence-corrected chi connectivity index (χ2v) is 4.88. The van der Waals surface area contributed by atoms with Crippen molar-refractivity contribution in [3.63, 3.8) is 0 Å². The molecule has 0 spiro atoms. The van der Waals surface area contributed by atoms with Crippen molar-refractivity contribution in [2.24, 2.45) is 11.7 Å². The zero-order valence-electron chi connectivity index (χ0n) is 9.13. The predicted molar refractivity (Wildman–Crippen MR) is 64.1 cm³/mol. The summed E-state index contributed by atoms with van der Waals surface area (Å²) in [4.78, 5) is 11.2. The number of carbonyl (C=O) groups is 1. The minimum atomic E-state index is -4.35. The minimum Gasteiger partial charge on any atom is -0.352 e. The molecule has 0 heterocycles. The van der Waals surface area contributed by atoms with Crippen molar-refractivity contribution in [2.45, 2.75) is 30.8 Å².